The van der Waals surface area contributed by atoms with Gasteiger partial charge in [0.25, 0.3) is 0 Å². The van der Waals surface area contributed by atoms with E-state index in [0.717, 1.165) is 14.8 Å². The lowest BCUT2D eigenvalue weighted by atomic mass is 10.1. The van der Waals surface area contributed by atoms with Crippen LogP contribution in [-0.2, 0) is 4.79 Å². The molecule has 0 atom stereocenters. The van der Waals surface area contributed by atoms with Crippen LogP contribution in [0.15, 0.2) is 53.7 Å². The number of anilines is 1. The molecule has 0 aliphatic rings. The maximum Gasteiger partial charge on any atom is 0.234 e. The molecule has 3 aromatic rings. The molecule has 1 heterocycles. The van der Waals surface area contributed by atoms with Gasteiger partial charge in [-0.1, -0.05) is 47.7 Å². The first-order chi connectivity index (χ1) is 11.6. The molecule has 0 bridgehead atoms. The minimum absolute atomic E-state index is 0.0799. The van der Waals surface area contributed by atoms with Crippen LogP contribution in [-0.4, -0.2) is 26.8 Å². The van der Waals surface area contributed by atoms with Crippen molar-refractivity contribution < 1.29 is 4.79 Å². The summed E-state index contributed by atoms with van der Waals surface area (Å²) in [5.74, 6) is 0.885. The van der Waals surface area contributed by atoms with Crippen molar-refractivity contribution in [2.75, 3.05) is 11.1 Å². The molecule has 2 aromatic carbocycles. The van der Waals surface area contributed by atoms with Gasteiger partial charge in [-0.15, -0.1) is 5.10 Å². The monoisotopic (exact) mass is 450 g/mol. The van der Waals surface area contributed by atoms with Crippen molar-refractivity contribution in [1.29, 1.82) is 0 Å². The van der Waals surface area contributed by atoms with E-state index in [1.54, 1.807) is 0 Å². The number of nitrogens with zero attached hydrogens (tertiary/aromatic N) is 2. The van der Waals surface area contributed by atoms with Gasteiger partial charge in [-0.3, -0.25) is 9.89 Å². The summed E-state index contributed by atoms with van der Waals surface area (Å²) in [5.41, 5.74) is 2.96. The number of rotatable bonds is 5. The molecule has 0 radical (unpaired) electrons. The molecule has 0 saturated carbocycles. The maximum absolute atomic E-state index is 12.0. The average Bonchev–Trinajstić information content (AvgIpc) is 3.03. The van der Waals surface area contributed by atoms with Crippen molar-refractivity contribution in [3.8, 4) is 11.4 Å². The number of hydrogen-bond acceptors (Lipinski definition) is 4. The predicted molar refractivity (Wildman–Crippen MR) is 105 cm³/mol. The summed E-state index contributed by atoms with van der Waals surface area (Å²) in [6, 6.07) is 15.7. The van der Waals surface area contributed by atoms with Gasteiger partial charge in [0, 0.05) is 14.8 Å². The number of halogens is 1. The lowest BCUT2D eigenvalue weighted by molar-refractivity contribution is -0.113. The van der Waals surface area contributed by atoms with Crippen molar-refractivity contribution >= 4 is 45.9 Å². The van der Waals surface area contributed by atoms with Crippen LogP contribution in [0.2, 0.25) is 0 Å². The van der Waals surface area contributed by atoms with Crippen molar-refractivity contribution in [2.24, 2.45) is 0 Å². The first-order valence-electron chi connectivity index (χ1n) is 7.28. The van der Waals surface area contributed by atoms with Gasteiger partial charge in [-0.2, -0.15) is 0 Å². The Morgan fingerprint density at radius 1 is 1.25 bits per heavy atom. The van der Waals surface area contributed by atoms with Gasteiger partial charge in [0.1, 0.15) is 0 Å². The zero-order valence-electron chi connectivity index (χ0n) is 12.9. The molecule has 1 amide bonds. The van der Waals surface area contributed by atoms with Crippen molar-refractivity contribution in [1.82, 2.24) is 15.2 Å². The molecule has 2 N–H and O–H groups in total. The summed E-state index contributed by atoms with van der Waals surface area (Å²) < 4.78 is 1.08. The molecule has 0 unspecified atom stereocenters. The fraction of sp³-hybridized carbons (Fsp3) is 0.118. The Bertz CT molecular complexity index is 848. The van der Waals surface area contributed by atoms with Gasteiger partial charge in [0.05, 0.1) is 5.75 Å². The number of H-pyrrole nitrogens is 1. The lowest BCUT2D eigenvalue weighted by Gasteiger charge is -2.04. The van der Waals surface area contributed by atoms with Gasteiger partial charge in [-0.25, -0.2) is 4.98 Å². The van der Waals surface area contributed by atoms with E-state index in [4.69, 9.17) is 0 Å². The second-order valence-corrected chi connectivity index (χ2v) is 7.37. The van der Waals surface area contributed by atoms with Crippen LogP contribution in [0.4, 0.5) is 5.69 Å². The minimum Gasteiger partial charge on any atom is -0.325 e. The van der Waals surface area contributed by atoms with Crippen molar-refractivity contribution in [2.45, 2.75) is 12.1 Å². The summed E-state index contributed by atoms with van der Waals surface area (Å²) in [4.78, 5) is 16.4. The van der Waals surface area contributed by atoms with Crippen LogP contribution in [0.5, 0.6) is 0 Å². The van der Waals surface area contributed by atoms with Gasteiger partial charge in [0.15, 0.2) is 5.82 Å². The summed E-state index contributed by atoms with van der Waals surface area (Å²) in [5, 5.41) is 10.5. The van der Waals surface area contributed by atoms with Crippen LogP contribution < -0.4 is 5.32 Å². The Balaban J connectivity index is 1.57. The second kappa shape index (κ2) is 7.80. The zero-order chi connectivity index (χ0) is 16.9. The Kier molecular flexibility index (Phi) is 5.52. The first-order valence-corrected chi connectivity index (χ1v) is 9.34. The third-order valence-electron chi connectivity index (χ3n) is 3.23. The number of aryl methyl sites for hydroxylation is 1. The molecule has 7 heteroatoms. The summed E-state index contributed by atoms with van der Waals surface area (Å²) >= 11 is 3.52. The normalized spacial score (nSPS) is 10.6. The van der Waals surface area contributed by atoms with E-state index in [2.05, 4.69) is 43.1 Å². The lowest BCUT2D eigenvalue weighted by Crippen LogP contribution is -2.14. The maximum atomic E-state index is 12.0. The fourth-order valence-corrected chi connectivity index (χ4v) is 3.19. The number of aromatic amines is 1. The van der Waals surface area contributed by atoms with E-state index >= 15 is 0 Å². The third kappa shape index (κ3) is 4.57. The molecule has 122 valence electrons. The van der Waals surface area contributed by atoms with E-state index in [9.17, 15) is 4.79 Å². The van der Waals surface area contributed by atoms with Gasteiger partial charge in [-0.05, 0) is 47.7 Å². The number of nitrogens with one attached hydrogen (secondary N) is 2. The van der Waals surface area contributed by atoms with Gasteiger partial charge in [0.2, 0.25) is 11.1 Å². The Morgan fingerprint density at radius 3 is 2.79 bits per heavy atom. The highest BCUT2D eigenvalue weighted by Crippen LogP contribution is 2.20. The van der Waals surface area contributed by atoms with E-state index in [1.807, 2.05) is 55.5 Å². The fourth-order valence-electron chi connectivity index (χ4n) is 2.04. The zero-order valence-corrected chi connectivity index (χ0v) is 15.9. The topological polar surface area (TPSA) is 70.7 Å². The van der Waals surface area contributed by atoms with Crippen LogP contribution in [0.3, 0.4) is 0 Å². The predicted octanol–water partition coefficient (Wildman–Crippen LogP) is 4.12. The molecular weight excluding hydrogens is 435 g/mol. The quantitative estimate of drug-likeness (QED) is 0.454. The largest absolute Gasteiger partial charge is 0.325 e. The molecule has 24 heavy (non-hydrogen) atoms. The van der Waals surface area contributed by atoms with Crippen molar-refractivity contribution in [3.05, 3.63) is 57.7 Å². The molecule has 0 saturated heterocycles. The van der Waals surface area contributed by atoms with E-state index in [1.165, 1.54) is 17.3 Å². The second-order valence-electron chi connectivity index (χ2n) is 5.18. The highest BCUT2D eigenvalue weighted by molar-refractivity contribution is 14.1. The van der Waals surface area contributed by atoms with E-state index in [0.29, 0.717) is 11.0 Å². The van der Waals surface area contributed by atoms with Crippen LogP contribution in [0, 0.1) is 10.5 Å². The Morgan fingerprint density at radius 2 is 2.04 bits per heavy atom. The first kappa shape index (κ1) is 17.0. The number of amides is 1. The molecule has 0 aliphatic carbocycles. The molecule has 0 spiro atoms. The smallest absolute Gasteiger partial charge is 0.234 e. The molecule has 0 aliphatic heterocycles. The molecule has 3 rings (SSSR count). The van der Waals surface area contributed by atoms with E-state index in [-0.39, 0.29) is 11.7 Å². The number of aromatic nitrogens is 3. The number of carbonyl (C=O) groups is 1. The number of carbonyl (C=O) groups excluding carboxylic acids is 1. The van der Waals surface area contributed by atoms with Crippen LogP contribution in [0.25, 0.3) is 11.4 Å². The standard InChI is InChI=1S/C17H15IN4OS/c1-11-5-7-12(8-6-11)16-20-17(22-21-16)24-10-15(23)19-14-4-2-3-13(18)9-14/h2-9H,10H2,1H3,(H,19,23)(H,20,21,22). The number of hydrogen-bond donors (Lipinski definition) is 2. The molecule has 1 aromatic heterocycles. The van der Waals surface area contributed by atoms with E-state index < -0.39 is 0 Å². The minimum atomic E-state index is -0.0799. The summed E-state index contributed by atoms with van der Waals surface area (Å²) in [6.45, 7) is 2.04. The average molecular weight is 450 g/mol. The molecular formula is C17H15IN4OS. The van der Waals surface area contributed by atoms with Crippen LogP contribution >= 0.6 is 34.4 Å². The van der Waals surface area contributed by atoms with Gasteiger partial charge < -0.3 is 5.32 Å². The number of benzene rings is 2. The molecule has 0 fully saturated rings. The van der Waals surface area contributed by atoms with Crippen LogP contribution in [0.1, 0.15) is 5.56 Å². The van der Waals surface area contributed by atoms with Crippen molar-refractivity contribution in [3.63, 3.8) is 0 Å². The SMILES string of the molecule is Cc1ccc(-c2nc(SCC(=O)Nc3cccc(I)c3)n[nH]2)cc1. The summed E-state index contributed by atoms with van der Waals surface area (Å²) in [7, 11) is 0. The Labute approximate surface area is 157 Å². The highest BCUT2D eigenvalue weighted by atomic mass is 127. The third-order valence-corrected chi connectivity index (χ3v) is 4.75. The number of thioether (sulfide) groups is 1. The Hall–Kier alpha value is -1.87. The highest BCUT2D eigenvalue weighted by Gasteiger charge is 2.09. The summed E-state index contributed by atoms with van der Waals surface area (Å²) in [6.07, 6.45) is 0. The molecule has 5 nitrogen and oxygen atoms in total. The van der Waals surface area contributed by atoms with Gasteiger partial charge >= 0.3 is 0 Å².